The van der Waals surface area contributed by atoms with Crippen molar-refractivity contribution in [3.63, 3.8) is 0 Å². The zero-order chi connectivity index (χ0) is 8.65. The third kappa shape index (κ3) is 4.12. The summed E-state index contributed by atoms with van der Waals surface area (Å²) in [6.07, 6.45) is 8.54. The summed E-state index contributed by atoms with van der Waals surface area (Å²) in [5, 5.41) is 0. The Morgan fingerprint density at radius 3 is 2.33 bits per heavy atom. The SMILES string of the molecule is C#CC#CC#CC#CCC1CC1. The lowest BCUT2D eigenvalue weighted by molar-refractivity contribution is 0.884. The Bertz CT molecular complexity index is 356. The Hall–Kier alpha value is -1.76. The van der Waals surface area contributed by atoms with Crippen molar-refractivity contribution in [1.82, 2.24) is 0 Å². The molecule has 0 heterocycles. The average molecular weight is 152 g/mol. The predicted octanol–water partition coefficient (Wildman–Crippen LogP) is 1.43. The first-order valence-electron chi connectivity index (χ1n) is 3.87. The maximum atomic E-state index is 4.89. The van der Waals surface area contributed by atoms with Gasteiger partial charge >= 0.3 is 0 Å². The lowest BCUT2D eigenvalue weighted by atomic mass is 10.3. The molecule has 0 saturated heterocycles. The third-order valence-electron chi connectivity index (χ3n) is 1.50. The molecule has 1 aliphatic carbocycles. The highest BCUT2D eigenvalue weighted by atomic mass is 14.2. The van der Waals surface area contributed by atoms with Gasteiger partial charge in [-0.3, -0.25) is 0 Å². The Labute approximate surface area is 73.7 Å². The van der Waals surface area contributed by atoms with Crippen molar-refractivity contribution in [2.75, 3.05) is 0 Å². The summed E-state index contributed by atoms with van der Waals surface area (Å²) < 4.78 is 0. The maximum absolute atomic E-state index is 4.89. The van der Waals surface area contributed by atoms with Crippen molar-refractivity contribution in [3.8, 4) is 47.9 Å². The van der Waals surface area contributed by atoms with Gasteiger partial charge in [0, 0.05) is 6.42 Å². The molecule has 1 rings (SSSR count). The van der Waals surface area contributed by atoms with Crippen LogP contribution in [0.25, 0.3) is 0 Å². The van der Waals surface area contributed by atoms with Crippen molar-refractivity contribution in [2.24, 2.45) is 5.92 Å². The van der Waals surface area contributed by atoms with Gasteiger partial charge in [0.05, 0.1) is 0 Å². The summed E-state index contributed by atoms with van der Waals surface area (Å²) in [6.45, 7) is 0. The molecule has 1 fully saturated rings. The zero-order valence-electron chi connectivity index (χ0n) is 6.78. The molecule has 0 radical (unpaired) electrons. The molecule has 0 N–H and O–H groups in total. The monoisotopic (exact) mass is 152 g/mol. The first-order chi connectivity index (χ1) is 5.93. The molecule has 0 heteroatoms. The van der Waals surface area contributed by atoms with E-state index in [0.717, 1.165) is 12.3 Å². The summed E-state index contributed by atoms with van der Waals surface area (Å²) >= 11 is 0. The Morgan fingerprint density at radius 2 is 1.67 bits per heavy atom. The van der Waals surface area contributed by atoms with Gasteiger partial charge in [0.25, 0.3) is 0 Å². The number of rotatable bonds is 1. The van der Waals surface area contributed by atoms with Crippen LogP contribution in [0.1, 0.15) is 19.3 Å². The van der Waals surface area contributed by atoms with Crippen molar-refractivity contribution in [3.05, 3.63) is 0 Å². The lowest BCUT2D eigenvalue weighted by Gasteiger charge is -1.75. The largest absolute Gasteiger partial charge is 0.106 e. The van der Waals surface area contributed by atoms with E-state index in [-0.39, 0.29) is 0 Å². The van der Waals surface area contributed by atoms with Crippen molar-refractivity contribution >= 4 is 0 Å². The fourth-order valence-corrected chi connectivity index (χ4v) is 0.691. The third-order valence-corrected chi connectivity index (χ3v) is 1.50. The highest BCUT2D eigenvalue weighted by Crippen LogP contribution is 2.31. The topological polar surface area (TPSA) is 0 Å². The Kier molecular flexibility index (Phi) is 3.45. The van der Waals surface area contributed by atoms with E-state index in [1.807, 2.05) is 0 Å². The molecule has 0 amide bonds. The maximum Gasteiger partial charge on any atom is 0.0127 e. The van der Waals surface area contributed by atoms with E-state index in [2.05, 4.69) is 41.4 Å². The summed E-state index contributed by atoms with van der Waals surface area (Å²) in [6, 6.07) is 0. The fraction of sp³-hybridized carbons (Fsp3) is 0.333. The summed E-state index contributed by atoms with van der Waals surface area (Å²) in [7, 11) is 0. The smallest absolute Gasteiger partial charge is 0.0127 e. The van der Waals surface area contributed by atoms with Gasteiger partial charge in [-0.15, -0.1) is 6.42 Å². The van der Waals surface area contributed by atoms with Crippen LogP contribution in [0.2, 0.25) is 0 Å². The number of hydrogen-bond acceptors (Lipinski definition) is 0. The van der Waals surface area contributed by atoms with Gasteiger partial charge in [-0.05, 0) is 54.3 Å². The summed E-state index contributed by atoms with van der Waals surface area (Å²) in [5.41, 5.74) is 0. The standard InChI is InChI=1S/C12H8/c1-2-3-4-5-6-7-8-9-12-10-11-12/h1,12H,9-11H2. The van der Waals surface area contributed by atoms with Gasteiger partial charge in [-0.25, -0.2) is 0 Å². The normalized spacial score (nSPS) is 11.9. The van der Waals surface area contributed by atoms with Crippen molar-refractivity contribution in [1.29, 1.82) is 0 Å². The first kappa shape index (κ1) is 8.34. The highest BCUT2D eigenvalue weighted by molar-refractivity contribution is 5.39. The van der Waals surface area contributed by atoms with E-state index in [0.29, 0.717) is 0 Å². The fourth-order valence-electron chi connectivity index (χ4n) is 0.691. The van der Waals surface area contributed by atoms with Crippen LogP contribution in [0.5, 0.6) is 0 Å². The second kappa shape index (κ2) is 4.97. The number of hydrogen-bond donors (Lipinski definition) is 0. The second-order valence-electron chi connectivity index (χ2n) is 2.59. The number of terminal acetylenes is 1. The average Bonchev–Trinajstić information content (AvgIpc) is 2.87. The van der Waals surface area contributed by atoms with Crippen LogP contribution in [-0.2, 0) is 0 Å². The molecule has 0 aromatic rings. The van der Waals surface area contributed by atoms with Crippen LogP contribution in [0.4, 0.5) is 0 Å². The van der Waals surface area contributed by atoms with Crippen LogP contribution in [0.15, 0.2) is 0 Å². The minimum Gasteiger partial charge on any atom is -0.106 e. The molecule has 0 unspecified atom stereocenters. The van der Waals surface area contributed by atoms with E-state index in [9.17, 15) is 0 Å². The van der Waals surface area contributed by atoms with E-state index in [1.54, 1.807) is 0 Å². The molecular formula is C12H8. The summed E-state index contributed by atoms with van der Waals surface area (Å²) in [4.78, 5) is 0. The van der Waals surface area contributed by atoms with Gasteiger partial charge < -0.3 is 0 Å². The second-order valence-corrected chi connectivity index (χ2v) is 2.59. The molecule has 0 atom stereocenters. The molecule has 1 aliphatic rings. The van der Waals surface area contributed by atoms with Gasteiger partial charge in [0.2, 0.25) is 0 Å². The van der Waals surface area contributed by atoms with Crippen LogP contribution in [0.3, 0.4) is 0 Å². The van der Waals surface area contributed by atoms with E-state index in [1.165, 1.54) is 12.8 Å². The molecule has 0 bridgehead atoms. The molecule has 0 aliphatic heterocycles. The Balaban J connectivity index is 2.23. The van der Waals surface area contributed by atoms with Crippen LogP contribution < -0.4 is 0 Å². The molecule has 0 spiro atoms. The molecule has 0 aromatic heterocycles. The van der Waals surface area contributed by atoms with Gasteiger partial charge in [0.1, 0.15) is 0 Å². The van der Waals surface area contributed by atoms with Crippen LogP contribution in [0, 0.1) is 53.8 Å². The molecular weight excluding hydrogens is 144 g/mol. The van der Waals surface area contributed by atoms with E-state index in [4.69, 9.17) is 6.42 Å². The molecule has 0 aromatic carbocycles. The first-order valence-corrected chi connectivity index (χ1v) is 3.87. The van der Waals surface area contributed by atoms with Gasteiger partial charge in [0.15, 0.2) is 0 Å². The van der Waals surface area contributed by atoms with Crippen LogP contribution in [-0.4, -0.2) is 0 Å². The van der Waals surface area contributed by atoms with Gasteiger partial charge in [-0.1, -0.05) is 5.92 Å². The van der Waals surface area contributed by atoms with Crippen molar-refractivity contribution in [2.45, 2.75) is 19.3 Å². The minimum atomic E-state index is 0.844. The molecule has 12 heavy (non-hydrogen) atoms. The molecule has 0 nitrogen and oxygen atoms in total. The Morgan fingerprint density at radius 1 is 1.00 bits per heavy atom. The predicted molar refractivity (Wildman–Crippen MR) is 49.5 cm³/mol. The van der Waals surface area contributed by atoms with Gasteiger partial charge in [-0.2, -0.15) is 0 Å². The molecule has 56 valence electrons. The lowest BCUT2D eigenvalue weighted by Crippen LogP contribution is -1.67. The van der Waals surface area contributed by atoms with Crippen LogP contribution >= 0.6 is 0 Å². The van der Waals surface area contributed by atoms with E-state index >= 15 is 0 Å². The van der Waals surface area contributed by atoms with Crippen molar-refractivity contribution < 1.29 is 0 Å². The zero-order valence-corrected chi connectivity index (χ0v) is 6.78. The highest BCUT2D eigenvalue weighted by Gasteiger charge is 2.19. The quantitative estimate of drug-likeness (QED) is 0.499. The molecule has 1 saturated carbocycles. The van der Waals surface area contributed by atoms with E-state index < -0.39 is 0 Å². The summed E-state index contributed by atoms with van der Waals surface area (Å²) in [5.74, 6) is 18.8. The minimum absolute atomic E-state index is 0.844.